The quantitative estimate of drug-likeness (QED) is 0.459. The maximum Gasteiger partial charge on any atom is 0.236 e. The first kappa shape index (κ1) is 24.8. The van der Waals surface area contributed by atoms with Crippen molar-refractivity contribution in [3.05, 3.63) is 95.6 Å². The Morgan fingerprint density at radius 3 is 2.26 bits per heavy atom. The van der Waals surface area contributed by atoms with Gasteiger partial charge in [0.1, 0.15) is 0 Å². The molecule has 1 heterocycles. The highest BCUT2D eigenvalue weighted by Crippen LogP contribution is 2.26. The van der Waals surface area contributed by atoms with Crippen LogP contribution in [0.2, 0.25) is 0 Å². The molecule has 2 N–H and O–H groups in total. The van der Waals surface area contributed by atoms with Crippen LogP contribution >= 0.6 is 0 Å². The lowest BCUT2D eigenvalue weighted by atomic mass is 9.89. The highest BCUT2D eigenvalue weighted by atomic mass is 16.2. The summed E-state index contributed by atoms with van der Waals surface area (Å²) >= 11 is 0. The number of piperidine rings is 1. The number of rotatable bonds is 9. The molecule has 3 aromatic carbocycles. The first-order valence-corrected chi connectivity index (χ1v) is 12.4. The van der Waals surface area contributed by atoms with E-state index in [0.717, 1.165) is 54.7 Å². The zero-order valence-electron chi connectivity index (χ0n) is 20.5. The molecule has 0 saturated carbocycles. The molecule has 0 spiro atoms. The number of ketones is 1. The minimum Gasteiger partial charge on any atom is -0.340 e. The number of hydrogen-bond acceptors (Lipinski definition) is 4. The van der Waals surface area contributed by atoms with Gasteiger partial charge in [-0.1, -0.05) is 72.8 Å². The molecule has 0 aliphatic carbocycles. The number of hydrogen-bond donors (Lipinski definition) is 1. The van der Waals surface area contributed by atoms with Crippen LogP contribution < -0.4 is 5.73 Å². The molecule has 1 fully saturated rings. The number of Topliss-reactive ketones (excluding diaryl/α,β-unsaturated/α-hetero) is 1. The molecule has 5 nitrogen and oxygen atoms in total. The van der Waals surface area contributed by atoms with Crippen LogP contribution in [0.3, 0.4) is 0 Å². The van der Waals surface area contributed by atoms with E-state index >= 15 is 0 Å². The lowest BCUT2D eigenvalue weighted by Gasteiger charge is -2.31. The number of likely N-dealkylation sites (N-methyl/N-ethyl adjacent to an activating group) is 1. The predicted octanol–water partition coefficient (Wildman–Crippen LogP) is 4.76. The van der Waals surface area contributed by atoms with Crippen LogP contribution in [0.4, 0.5) is 0 Å². The number of nitrogens with zero attached hydrogens (tertiary/aromatic N) is 2. The molecule has 0 aromatic heterocycles. The molecule has 1 aliphatic heterocycles. The van der Waals surface area contributed by atoms with E-state index in [0.29, 0.717) is 18.9 Å². The molecule has 5 heteroatoms. The molecule has 0 bridgehead atoms. The van der Waals surface area contributed by atoms with E-state index in [-0.39, 0.29) is 18.2 Å². The van der Waals surface area contributed by atoms with Crippen LogP contribution in [0.25, 0.3) is 11.1 Å². The molecule has 0 unspecified atom stereocenters. The predicted molar refractivity (Wildman–Crippen MR) is 141 cm³/mol. The van der Waals surface area contributed by atoms with Crippen LogP contribution in [0.15, 0.2) is 78.9 Å². The summed E-state index contributed by atoms with van der Waals surface area (Å²) in [5, 5.41) is 0. The Bertz CT molecular complexity index is 1120. The summed E-state index contributed by atoms with van der Waals surface area (Å²) in [7, 11) is 1.76. The molecule has 182 valence electrons. The van der Waals surface area contributed by atoms with Crippen molar-refractivity contribution in [2.45, 2.75) is 32.4 Å². The third-order valence-corrected chi connectivity index (χ3v) is 6.92. The zero-order valence-corrected chi connectivity index (χ0v) is 20.5. The Hall–Kier alpha value is -3.28. The summed E-state index contributed by atoms with van der Waals surface area (Å²) in [6.07, 6.45) is 2.77. The van der Waals surface area contributed by atoms with Gasteiger partial charge in [0.05, 0.1) is 6.54 Å². The summed E-state index contributed by atoms with van der Waals surface area (Å²) in [4.78, 5) is 28.8. The van der Waals surface area contributed by atoms with Crippen LogP contribution in [0.5, 0.6) is 0 Å². The number of benzene rings is 3. The minimum atomic E-state index is -0.0832. The number of carbonyl (C=O) groups is 2. The van der Waals surface area contributed by atoms with Gasteiger partial charge in [0.2, 0.25) is 5.91 Å². The summed E-state index contributed by atoms with van der Waals surface area (Å²) in [5.41, 5.74) is 10.8. The van der Waals surface area contributed by atoms with Crippen molar-refractivity contribution in [3.8, 4) is 11.1 Å². The average molecular weight is 470 g/mol. The minimum absolute atomic E-state index is 0.0124. The second kappa shape index (κ2) is 11.9. The molecule has 1 amide bonds. The summed E-state index contributed by atoms with van der Waals surface area (Å²) in [6.45, 7) is 3.62. The average Bonchev–Trinajstić information content (AvgIpc) is 2.90. The summed E-state index contributed by atoms with van der Waals surface area (Å²) in [5.74, 6) is 0.605. The van der Waals surface area contributed by atoms with Crippen LogP contribution in [-0.4, -0.2) is 48.2 Å². The van der Waals surface area contributed by atoms with Gasteiger partial charge in [-0.3, -0.25) is 14.5 Å². The van der Waals surface area contributed by atoms with Crippen LogP contribution in [0, 0.1) is 5.92 Å². The van der Waals surface area contributed by atoms with E-state index in [1.165, 1.54) is 5.56 Å². The van der Waals surface area contributed by atoms with Gasteiger partial charge in [-0.05, 0) is 60.2 Å². The van der Waals surface area contributed by atoms with E-state index in [9.17, 15) is 9.59 Å². The van der Waals surface area contributed by atoms with Gasteiger partial charge >= 0.3 is 0 Å². The third kappa shape index (κ3) is 6.87. The van der Waals surface area contributed by atoms with Crippen molar-refractivity contribution in [2.75, 3.05) is 26.7 Å². The first-order valence-electron chi connectivity index (χ1n) is 12.4. The van der Waals surface area contributed by atoms with Crippen molar-refractivity contribution in [2.24, 2.45) is 11.7 Å². The van der Waals surface area contributed by atoms with Crippen LogP contribution in [-0.2, 0) is 17.9 Å². The van der Waals surface area contributed by atoms with Crippen molar-refractivity contribution >= 4 is 11.7 Å². The monoisotopic (exact) mass is 469 g/mol. The maximum atomic E-state index is 12.9. The van der Waals surface area contributed by atoms with Gasteiger partial charge in [0.15, 0.2) is 5.78 Å². The fourth-order valence-electron chi connectivity index (χ4n) is 4.79. The van der Waals surface area contributed by atoms with Gasteiger partial charge in [-0.2, -0.15) is 0 Å². The van der Waals surface area contributed by atoms with Crippen molar-refractivity contribution in [1.82, 2.24) is 9.80 Å². The molecule has 3 aromatic rings. The molecule has 1 aliphatic rings. The fourth-order valence-corrected chi connectivity index (χ4v) is 4.79. The van der Waals surface area contributed by atoms with Gasteiger partial charge in [-0.15, -0.1) is 0 Å². The number of amides is 1. The molecule has 1 saturated heterocycles. The lowest BCUT2D eigenvalue weighted by molar-refractivity contribution is -0.128. The Morgan fingerprint density at radius 1 is 0.886 bits per heavy atom. The van der Waals surface area contributed by atoms with Gasteiger partial charge in [0, 0.05) is 32.1 Å². The Morgan fingerprint density at radius 2 is 1.57 bits per heavy atom. The Balaban J connectivity index is 1.30. The molecular weight excluding hydrogens is 434 g/mol. The maximum absolute atomic E-state index is 12.9. The SMILES string of the molecule is CN(Cc1cccc(-c2ccc(C(=O)CC3CCN(Cc4ccccc4)CC3)cc2)c1)C(=O)CN. The lowest BCUT2D eigenvalue weighted by Crippen LogP contribution is -2.33. The molecule has 0 atom stereocenters. The smallest absolute Gasteiger partial charge is 0.236 e. The van der Waals surface area contributed by atoms with Crippen molar-refractivity contribution in [3.63, 3.8) is 0 Å². The second-order valence-electron chi connectivity index (χ2n) is 9.56. The van der Waals surface area contributed by atoms with Crippen molar-refractivity contribution in [1.29, 1.82) is 0 Å². The highest BCUT2D eigenvalue weighted by molar-refractivity contribution is 5.96. The second-order valence-corrected chi connectivity index (χ2v) is 9.56. The number of likely N-dealkylation sites (tertiary alicyclic amines) is 1. The largest absolute Gasteiger partial charge is 0.340 e. The van der Waals surface area contributed by atoms with E-state index < -0.39 is 0 Å². The van der Waals surface area contributed by atoms with Crippen molar-refractivity contribution < 1.29 is 9.59 Å². The van der Waals surface area contributed by atoms with Gasteiger partial charge in [0.25, 0.3) is 0 Å². The number of carbonyl (C=O) groups excluding carboxylic acids is 2. The third-order valence-electron chi connectivity index (χ3n) is 6.92. The summed E-state index contributed by atoms with van der Waals surface area (Å²) in [6, 6.07) is 26.6. The normalized spacial score (nSPS) is 14.6. The molecule has 0 radical (unpaired) electrons. The van der Waals surface area contributed by atoms with E-state index in [1.54, 1.807) is 11.9 Å². The van der Waals surface area contributed by atoms with Crippen LogP contribution in [0.1, 0.15) is 40.7 Å². The van der Waals surface area contributed by atoms with E-state index in [4.69, 9.17) is 5.73 Å². The molecule has 35 heavy (non-hydrogen) atoms. The highest BCUT2D eigenvalue weighted by Gasteiger charge is 2.22. The van der Waals surface area contributed by atoms with Gasteiger partial charge < -0.3 is 10.6 Å². The Labute approximate surface area is 208 Å². The first-order chi connectivity index (χ1) is 17.0. The standard InChI is InChI=1S/C30H35N3O2/c1-32(30(35)20-31)21-25-8-5-9-28(18-25)26-10-12-27(13-11-26)29(34)19-23-14-16-33(17-15-23)22-24-6-3-2-4-7-24/h2-13,18,23H,14-17,19-22,31H2,1H3. The van der Waals surface area contributed by atoms with E-state index in [1.807, 2.05) is 42.5 Å². The Kier molecular flexibility index (Phi) is 8.45. The zero-order chi connectivity index (χ0) is 24.6. The number of nitrogens with two attached hydrogens (primary N) is 1. The fraction of sp³-hybridized carbons (Fsp3) is 0.333. The topological polar surface area (TPSA) is 66.6 Å². The summed E-state index contributed by atoms with van der Waals surface area (Å²) < 4.78 is 0. The van der Waals surface area contributed by atoms with E-state index in [2.05, 4.69) is 41.3 Å². The molecule has 4 rings (SSSR count). The van der Waals surface area contributed by atoms with Gasteiger partial charge in [-0.25, -0.2) is 0 Å². The molecular formula is C30H35N3O2.